The molecule has 0 bridgehead atoms. The molecule has 0 heterocycles. The fourth-order valence-corrected chi connectivity index (χ4v) is 2.02. The molecule has 0 spiro atoms. The quantitative estimate of drug-likeness (QED) is 0.734. The van der Waals surface area contributed by atoms with Crippen molar-refractivity contribution in [1.82, 2.24) is 5.32 Å². The summed E-state index contributed by atoms with van der Waals surface area (Å²) < 4.78 is 10.6. The Balaban J connectivity index is 2.64. The van der Waals surface area contributed by atoms with E-state index in [9.17, 15) is 0 Å². The second kappa shape index (κ2) is 8.64. The Hall–Kier alpha value is -1.48. The predicted molar refractivity (Wildman–Crippen MR) is 85.5 cm³/mol. The number of methoxy groups -OCH3 is 2. The lowest BCUT2D eigenvalue weighted by Gasteiger charge is -2.11. The maximum atomic E-state index is 5.43. The molecular weight excluding hydrogens is 250 g/mol. The van der Waals surface area contributed by atoms with Crippen LogP contribution in [0.15, 0.2) is 24.3 Å². The zero-order valence-electron chi connectivity index (χ0n) is 13.3. The average molecular weight is 277 g/mol. The Morgan fingerprint density at radius 2 is 2.00 bits per heavy atom. The molecule has 0 aliphatic carbocycles. The minimum absolute atomic E-state index is 0.696. The summed E-state index contributed by atoms with van der Waals surface area (Å²) >= 11 is 0. The molecule has 0 amide bonds. The lowest BCUT2D eigenvalue weighted by Crippen LogP contribution is -2.20. The second-order valence-electron chi connectivity index (χ2n) is 5.34. The van der Waals surface area contributed by atoms with Crippen molar-refractivity contribution in [3.05, 3.63) is 29.8 Å². The number of rotatable bonds is 8. The summed E-state index contributed by atoms with van der Waals surface area (Å²) in [6.07, 6.45) is 3.27. The Labute approximate surface area is 123 Å². The maximum absolute atomic E-state index is 5.43. The van der Waals surface area contributed by atoms with Crippen LogP contribution in [0.2, 0.25) is 0 Å². The van der Waals surface area contributed by atoms with Crippen molar-refractivity contribution in [3.8, 4) is 11.5 Å². The van der Waals surface area contributed by atoms with E-state index in [0.717, 1.165) is 36.6 Å². The first-order valence-electron chi connectivity index (χ1n) is 7.18. The SMILES string of the molecule is COc1ccc(C(C)=CCCNCC(C)C)c(OC)c1. The monoisotopic (exact) mass is 277 g/mol. The van der Waals surface area contributed by atoms with Crippen LogP contribution in [0.3, 0.4) is 0 Å². The zero-order chi connectivity index (χ0) is 15.0. The van der Waals surface area contributed by atoms with Crippen LogP contribution >= 0.6 is 0 Å². The van der Waals surface area contributed by atoms with Gasteiger partial charge in [0.1, 0.15) is 11.5 Å². The third-order valence-corrected chi connectivity index (χ3v) is 3.16. The zero-order valence-corrected chi connectivity index (χ0v) is 13.3. The molecule has 3 nitrogen and oxygen atoms in total. The van der Waals surface area contributed by atoms with Gasteiger partial charge in [0.25, 0.3) is 0 Å². The van der Waals surface area contributed by atoms with Gasteiger partial charge in [-0.15, -0.1) is 0 Å². The largest absolute Gasteiger partial charge is 0.497 e. The molecule has 0 aliphatic rings. The molecule has 0 saturated carbocycles. The summed E-state index contributed by atoms with van der Waals surface area (Å²) in [5.74, 6) is 2.37. The van der Waals surface area contributed by atoms with Gasteiger partial charge in [0.2, 0.25) is 0 Å². The molecule has 0 aliphatic heterocycles. The number of nitrogens with one attached hydrogen (secondary N) is 1. The van der Waals surface area contributed by atoms with E-state index in [1.165, 1.54) is 5.57 Å². The standard InChI is InChI=1S/C17H27NO2/c1-13(2)12-18-10-6-7-14(3)16-9-8-15(19-4)11-17(16)20-5/h7-9,11,13,18H,6,10,12H2,1-5H3. The van der Waals surface area contributed by atoms with E-state index in [4.69, 9.17) is 9.47 Å². The van der Waals surface area contributed by atoms with Gasteiger partial charge in [0.05, 0.1) is 14.2 Å². The topological polar surface area (TPSA) is 30.5 Å². The van der Waals surface area contributed by atoms with E-state index in [1.807, 2.05) is 18.2 Å². The Bertz CT molecular complexity index is 439. The summed E-state index contributed by atoms with van der Waals surface area (Å²) in [5, 5.41) is 3.44. The normalized spacial score (nSPS) is 11.8. The van der Waals surface area contributed by atoms with Crippen molar-refractivity contribution in [3.63, 3.8) is 0 Å². The molecule has 20 heavy (non-hydrogen) atoms. The molecule has 0 unspecified atom stereocenters. The minimum atomic E-state index is 0.696. The van der Waals surface area contributed by atoms with E-state index in [0.29, 0.717) is 5.92 Å². The molecule has 1 rings (SSSR count). The van der Waals surface area contributed by atoms with Crippen molar-refractivity contribution < 1.29 is 9.47 Å². The molecule has 0 aromatic heterocycles. The van der Waals surface area contributed by atoms with Gasteiger partial charge < -0.3 is 14.8 Å². The Morgan fingerprint density at radius 1 is 1.25 bits per heavy atom. The van der Waals surface area contributed by atoms with Crippen LogP contribution in [-0.2, 0) is 0 Å². The van der Waals surface area contributed by atoms with E-state index in [-0.39, 0.29) is 0 Å². The molecule has 0 saturated heterocycles. The first kappa shape index (κ1) is 16.6. The molecule has 0 radical (unpaired) electrons. The summed E-state index contributed by atoms with van der Waals surface area (Å²) in [6.45, 7) is 8.63. The van der Waals surface area contributed by atoms with Crippen molar-refractivity contribution in [2.24, 2.45) is 5.92 Å². The van der Waals surface area contributed by atoms with Crippen LogP contribution in [0.1, 0.15) is 32.8 Å². The van der Waals surface area contributed by atoms with Gasteiger partial charge in [0.15, 0.2) is 0 Å². The minimum Gasteiger partial charge on any atom is -0.497 e. The van der Waals surface area contributed by atoms with Crippen molar-refractivity contribution in [2.75, 3.05) is 27.3 Å². The third-order valence-electron chi connectivity index (χ3n) is 3.16. The van der Waals surface area contributed by atoms with Gasteiger partial charge in [-0.05, 0) is 50.1 Å². The highest BCUT2D eigenvalue weighted by Gasteiger charge is 2.06. The van der Waals surface area contributed by atoms with Gasteiger partial charge in [-0.1, -0.05) is 19.9 Å². The van der Waals surface area contributed by atoms with Crippen molar-refractivity contribution >= 4 is 5.57 Å². The van der Waals surface area contributed by atoms with Crippen LogP contribution in [0, 0.1) is 5.92 Å². The van der Waals surface area contributed by atoms with E-state index >= 15 is 0 Å². The van der Waals surface area contributed by atoms with Crippen LogP contribution in [0.4, 0.5) is 0 Å². The average Bonchev–Trinajstić information content (AvgIpc) is 2.45. The fraction of sp³-hybridized carbons (Fsp3) is 0.529. The molecule has 1 aromatic rings. The highest BCUT2D eigenvalue weighted by Crippen LogP contribution is 2.29. The van der Waals surface area contributed by atoms with Crippen molar-refractivity contribution in [2.45, 2.75) is 27.2 Å². The Kier molecular flexibility index (Phi) is 7.16. The van der Waals surface area contributed by atoms with Gasteiger partial charge in [-0.25, -0.2) is 0 Å². The Morgan fingerprint density at radius 3 is 2.60 bits per heavy atom. The number of allylic oxidation sites excluding steroid dienone is 1. The van der Waals surface area contributed by atoms with E-state index in [2.05, 4.69) is 32.2 Å². The van der Waals surface area contributed by atoms with Crippen LogP contribution in [0.5, 0.6) is 11.5 Å². The number of hydrogen-bond acceptors (Lipinski definition) is 3. The predicted octanol–water partition coefficient (Wildman–Crippen LogP) is 3.74. The second-order valence-corrected chi connectivity index (χ2v) is 5.34. The van der Waals surface area contributed by atoms with Gasteiger partial charge in [-0.3, -0.25) is 0 Å². The number of hydrogen-bond donors (Lipinski definition) is 1. The number of benzene rings is 1. The molecule has 112 valence electrons. The first-order chi connectivity index (χ1) is 9.58. The van der Waals surface area contributed by atoms with E-state index in [1.54, 1.807) is 14.2 Å². The molecule has 0 atom stereocenters. The van der Waals surface area contributed by atoms with E-state index < -0.39 is 0 Å². The fourth-order valence-electron chi connectivity index (χ4n) is 2.02. The van der Waals surface area contributed by atoms with Gasteiger partial charge >= 0.3 is 0 Å². The maximum Gasteiger partial charge on any atom is 0.130 e. The molecule has 0 fully saturated rings. The lowest BCUT2D eigenvalue weighted by atomic mass is 10.0. The lowest BCUT2D eigenvalue weighted by molar-refractivity contribution is 0.393. The van der Waals surface area contributed by atoms with Gasteiger partial charge in [0, 0.05) is 11.6 Å². The third kappa shape index (κ3) is 5.25. The van der Waals surface area contributed by atoms with Crippen LogP contribution in [0.25, 0.3) is 5.57 Å². The summed E-state index contributed by atoms with van der Waals surface area (Å²) in [6, 6.07) is 5.93. The summed E-state index contributed by atoms with van der Waals surface area (Å²) in [5.41, 5.74) is 2.35. The first-order valence-corrected chi connectivity index (χ1v) is 7.18. The molecular formula is C17H27NO2. The van der Waals surface area contributed by atoms with Gasteiger partial charge in [-0.2, -0.15) is 0 Å². The molecule has 3 heteroatoms. The van der Waals surface area contributed by atoms with Crippen LogP contribution < -0.4 is 14.8 Å². The molecule has 1 aromatic carbocycles. The highest BCUT2D eigenvalue weighted by atomic mass is 16.5. The van der Waals surface area contributed by atoms with Crippen molar-refractivity contribution in [1.29, 1.82) is 0 Å². The highest BCUT2D eigenvalue weighted by molar-refractivity contribution is 5.69. The number of ether oxygens (including phenoxy) is 2. The molecule has 1 N–H and O–H groups in total. The van der Waals surface area contributed by atoms with Crippen LogP contribution in [-0.4, -0.2) is 27.3 Å². The summed E-state index contributed by atoms with van der Waals surface area (Å²) in [7, 11) is 3.35. The smallest absolute Gasteiger partial charge is 0.130 e. The summed E-state index contributed by atoms with van der Waals surface area (Å²) in [4.78, 5) is 0.